The van der Waals surface area contributed by atoms with Gasteiger partial charge in [-0.05, 0) is 67.3 Å². The monoisotopic (exact) mass is 678 g/mol. The SMILES string of the molecule is CCC(=O)OC(COc1cccc(C)c1)COc1c2ccccc2c(OCC(COc2cccc(C)c2)OC(=O)CC)c2cc(CC)ccc12. The first-order valence-corrected chi connectivity index (χ1v) is 17.3. The summed E-state index contributed by atoms with van der Waals surface area (Å²) < 4.78 is 36.7. The van der Waals surface area contributed by atoms with E-state index in [1.165, 1.54) is 0 Å². The molecule has 2 atom stereocenters. The van der Waals surface area contributed by atoms with Gasteiger partial charge in [-0.25, -0.2) is 0 Å². The number of rotatable bonds is 17. The molecule has 0 aromatic heterocycles. The molecule has 8 nitrogen and oxygen atoms in total. The molecule has 0 amide bonds. The lowest BCUT2D eigenvalue weighted by Crippen LogP contribution is -2.31. The molecule has 0 aliphatic carbocycles. The van der Waals surface area contributed by atoms with Crippen molar-refractivity contribution in [2.24, 2.45) is 0 Å². The number of aryl methyl sites for hydroxylation is 3. The van der Waals surface area contributed by atoms with Gasteiger partial charge in [0.15, 0.2) is 12.2 Å². The van der Waals surface area contributed by atoms with Crippen LogP contribution in [-0.2, 0) is 25.5 Å². The molecule has 5 aromatic carbocycles. The van der Waals surface area contributed by atoms with Gasteiger partial charge >= 0.3 is 11.9 Å². The molecule has 5 aromatic rings. The smallest absolute Gasteiger partial charge is 0.306 e. The van der Waals surface area contributed by atoms with Gasteiger partial charge in [0, 0.05) is 34.4 Å². The molecule has 0 spiro atoms. The van der Waals surface area contributed by atoms with E-state index in [0.29, 0.717) is 23.0 Å². The Hall–Kier alpha value is -5.24. The fourth-order valence-electron chi connectivity index (χ4n) is 5.59. The molecule has 5 rings (SSSR count). The summed E-state index contributed by atoms with van der Waals surface area (Å²) >= 11 is 0. The highest BCUT2D eigenvalue weighted by molar-refractivity contribution is 6.11. The minimum atomic E-state index is -0.649. The maximum atomic E-state index is 12.4. The Morgan fingerprint density at radius 2 is 0.980 bits per heavy atom. The average molecular weight is 679 g/mol. The average Bonchev–Trinajstić information content (AvgIpc) is 3.13. The molecule has 50 heavy (non-hydrogen) atoms. The lowest BCUT2D eigenvalue weighted by atomic mass is 9.98. The van der Waals surface area contributed by atoms with Crippen LogP contribution in [0.5, 0.6) is 23.0 Å². The summed E-state index contributed by atoms with van der Waals surface area (Å²) in [4.78, 5) is 24.8. The highest BCUT2D eigenvalue weighted by Crippen LogP contribution is 2.43. The van der Waals surface area contributed by atoms with Crippen LogP contribution in [0, 0.1) is 13.8 Å². The number of fused-ring (bicyclic) bond motifs is 2. The molecule has 0 heterocycles. The van der Waals surface area contributed by atoms with Crippen LogP contribution in [0.2, 0.25) is 0 Å². The third kappa shape index (κ3) is 9.47. The van der Waals surface area contributed by atoms with Gasteiger partial charge in [0.25, 0.3) is 0 Å². The van der Waals surface area contributed by atoms with Gasteiger partial charge in [-0.1, -0.05) is 81.4 Å². The lowest BCUT2D eigenvalue weighted by Gasteiger charge is -2.23. The zero-order valence-electron chi connectivity index (χ0n) is 29.5. The fraction of sp³-hybridized carbons (Fsp3) is 0.333. The molecule has 0 radical (unpaired) electrons. The molecule has 0 bridgehead atoms. The molecule has 262 valence electrons. The van der Waals surface area contributed by atoms with Crippen molar-refractivity contribution >= 4 is 33.5 Å². The fourth-order valence-corrected chi connectivity index (χ4v) is 5.59. The van der Waals surface area contributed by atoms with E-state index in [4.69, 9.17) is 28.4 Å². The first-order chi connectivity index (χ1) is 24.3. The van der Waals surface area contributed by atoms with Gasteiger partial charge in [0.2, 0.25) is 0 Å². The van der Waals surface area contributed by atoms with Crippen LogP contribution in [0.1, 0.15) is 50.3 Å². The summed E-state index contributed by atoms with van der Waals surface area (Å²) in [6.45, 7) is 10.0. The molecule has 2 unspecified atom stereocenters. The molecule has 0 saturated carbocycles. The Bertz CT molecular complexity index is 1920. The summed E-state index contributed by atoms with van der Waals surface area (Å²) in [5.74, 6) is 2.03. The van der Waals surface area contributed by atoms with Crippen molar-refractivity contribution in [1.29, 1.82) is 0 Å². The van der Waals surface area contributed by atoms with Crippen molar-refractivity contribution in [3.05, 3.63) is 108 Å². The van der Waals surface area contributed by atoms with E-state index >= 15 is 0 Å². The lowest BCUT2D eigenvalue weighted by molar-refractivity contribution is -0.152. The minimum absolute atomic E-state index is 0.0811. The van der Waals surface area contributed by atoms with Gasteiger partial charge in [0.05, 0.1) is 0 Å². The van der Waals surface area contributed by atoms with Crippen molar-refractivity contribution in [3.8, 4) is 23.0 Å². The van der Waals surface area contributed by atoms with Crippen LogP contribution in [-0.4, -0.2) is 50.6 Å². The Morgan fingerprint density at radius 3 is 1.44 bits per heavy atom. The molecule has 0 N–H and O–H groups in total. The number of ether oxygens (including phenoxy) is 6. The van der Waals surface area contributed by atoms with E-state index in [0.717, 1.165) is 44.7 Å². The highest BCUT2D eigenvalue weighted by Gasteiger charge is 2.23. The van der Waals surface area contributed by atoms with Crippen molar-refractivity contribution in [2.75, 3.05) is 26.4 Å². The second-order valence-electron chi connectivity index (χ2n) is 12.2. The van der Waals surface area contributed by atoms with E-state index in [9.17, 15) is 9.59 Å². The van der Waals surface area contributed by atoms with Crippen molar-refractivity contribution in [1.82, 2.24) is 0 Å². The van der Waals surface area contributed by atoms with E-state index in [2.05, 4.69) is 19.1 Å². The third-order valence-corrected chi connectivity index (χ3v) is 8.25. The third-order valence-electron chi connectivity index (χ3n) is 8.25. The van der Waals surface area contributed by atoms with E-state index in [1.807, 2.05) is 92.7 Å². The Labute approximate surface area is 294 Å². The maximum Gasteiger partial charge on any atom is 0.306 e. The number of carbonyl (C=O) groups is 2. The maximum absolute atomic E-state index is 12.4. The highest BCUT2D eigenvalue weighted by atomic mass is 16.6. The second kappa shape index (κ2) is 17.4. The van der Waals surface area contributed by atoms with E-state index in [1.54, 1.807) is 13.8 Å². The molecule has 0 saturated heterocycles. The largest absolute Gasteiger partial charge is 0.490 e. The summed E-state index contributed by atoms with van der Waals surface area (Å²) in [5.41, 5.74) is 3.27. The van der Waals surface area contributed by atoms with Crippen LogP contribution in [0.15, 0.2) is 91.0 Å². The predicted molar refractivity (Wildman–Crippen MR) is 196 cm³/mol. The first-order valence-electron chi connectivity index (χ1n) is 17.3. The van der Waals surface area contributed by atoms with Crippen molar-refractivity contribution in [2.45, 2.75) is 66.1 Å². The molecule has 0 fully saturated rings. The number of carbonyl (C=O) groups excluding carboxylic acids is 2. The molecular weight excluding hydrogens is 632 g/mol. The molecule has 0 aliphatic rings. The Balaban J connectivity index is 1.45. The Morgan fingerprint density at radius 1 is 0.520 bits per heavy atom. The van der Waals surface area contributed by atoms with Gasteiger partial charge in [-0.15, -0.1) is 0 Å². The normalized spacial score (nSPS) is 12.3. The van der Waals surface area contributed by atoms with Crippen molar-refractivity contribution < 1.29 is 38.0 Å². The van der Waals surface area contributed by atoms with Crippen LogP contribution in [0.3, 0.4) is 0 Å². The standard InChI is InChI=1S/C42H46O8/c1-6-30-19-20-37-38(23-30)42(48-27-34(50-40(44)8-3)25-46-32-16-12-14-29(5)22-32)36-18-10-9-17-35(36)41(37)47-26-33(49-39(43)7-2)24-45-31-15-11-13-28(4)21-31/h9-23,33-34H,6-8,24-27H2,1-5H3. The van der Waals surface area contributed by atoms with E-state index < -0.39 is 12.2 Å². The first kappa shape index (κ1) is 36.1. The van der Waals surface area contributed by atoms with Gasteiger partial charge in [-0.3, -0.25) is 9.59 Å². The zero-order chi connectivity index (χ0) is 35.5. The number of hydrogen-bond acceptors (Lipinski definition) is 8. The molecular formula is C42H46O8. The number of hydrogen-bond donors (Lipinski definition) is 0. The number of benzene rings is 5. The number of esters is 2. The van der Waals surface area contributed by atoms with Crippen LogP contribution < -0.4 is 18.9 Å². The summed E-state index contributed by atoms with van der Waals surface area (Å²) in [6, 6.07) is 29.6. The van der Waals surface area contributed by atoms with Gasteiger partial charge in [-0.2, -0.15) is 0 Å². The van der Waals surface area contributed by atoms with Gasteiger partial charge < -0.3 is 28.4 Å². The molecule has 0 aliphatic heterocycles. The van der Waals surface area contributed by atoms with E-state index in [-0.39, 0.29) is 51.2 Å². The predicted octanol–water partition coefficient (Wildman–Crippen LogP) is 8.73. The summed E-state index contributed by atoms with van der Waals surface area (Å²) in [7, 11) is 0. The summed E-state index contributed by atoms with van der Waals surface area (Å²) in [6.07, 6.45) is 0.00615. The van der Waals surface area contributed by atoms with Crippen LogP contribution in [0.4, 0.5) is 0 Å². The summed E-state index contributed by atoms with van der Waals surface area (Å²) in [5, 5.41) is 3.37. The second-order valence-corrected chi connectivity index (χ2v) is 12.2. The zero-order valence-corrected chi connectivity index (χ0v) is 29.5. The van der Waals surface area contributed by atoms with Crippen LogP contribution >= 0.6 is 0 Å². The van der Waals surface area contributed by atoms with Crippen LogP contribution in [0.25, 0.3) is 21.5 Å². The Kier molecular flexibility index (Phi) is 12.6. The topological polar surface area (TPSA) is 89.5 Å². The minimum Gasteiger partial charge on any atom is -0.490 e. The van der Waals surface area contributed by atoms with Crippen molar-refractivity contribution in [3.63, 3.8) is 0 Å². The quantitative estimate of drug-likeness (QED) is 0.0713. The molecule has 8 heteroatoms. The van der Waals surface area contributed by atoms with Gasteiger partial charge in [0.1, 0.15) is 49.4 Å².